The van der Waals surface area contributed by atoms with Crippen molar-refractivity contribution in [3.05, 3.63) is 27.7 Å². The van der Waals surface area contributed by atoms with Crippen molar-refractivity contribution in [1.29, 1.82) is 5.26 Å². The fourth-order valence-corrected chi connectivity index (χ4v) is 1.78. The molecule has 0 bridgehead atoms. The van der Waals surface area contributed by atoms with Crippen molar-refractivity contribution in [3.63, 3.8) is 0 Å². The van der Waals surface area contributed by atoms with Gasteiger partial charge in [-0.1, -0.05) is 0 Å². The van der Waals surface area contributed by atoms with Gasteiger partial charge in [-0.25, -0.2) is 4.79 Å². The number of esters is 1. The molecular weight excluding hydrogens is 312 g/mol. The molecule has 0 radical (unpaired) electrons. The molecule has 0 amide bonds. The van der Waals surface area contributed by atoms with Crippen LogP contribution in [-0.4, -0.2) is 19.2 Å². The number of rotatable bonds is 4. The Labute approximate surface area is 110 Å². The quantitative estimate of drug-likeness (QED) is 0.800. The summed E-state index contributed by atoms with van der Waals surface area (Å²) >= 11 is 2.97. The van der Waals surface area contributed by atoms with Crippen molar-refractivity contribution >= 4 is 21.9 Å². The number of ether oxygens (including phenoxy) is 2. The van der Waals surface area contributed by atoms with Crippen molar-refractivity contribution < 1.29 is 23.0 Å². The number of carbonyl (C=O) groups excluding carboxylic acids is 1. The van der Waals surface area contributed by atoms with E-state index in [1.54, 1.807) is 13.0 Å². The van der Waals surface area contributed by atoms with Crippen LogP contribution in [0.1, 0.15) is 22.8 Å². The summed E-state index contributed by atoms with van der Waals surface area (Å²) in [4.78, 5) is 11.6. The van der Waals surface area contributed by atoms with Gasteiger partial charge in [0.05, 0.1) is 22.7 Å². The maximum Gasteiger partial charge on any atom is 0.387 e. The van der Waals surface area contributed by atoms with Crippen LogP contribution in [0.4, 0.5) is 8.78 Å². The number of halogens is 3. The number of hydrogen-bond donors (Lipinski definition) is 0. The summed E-state index contributed by atoms with van der Waals surface area (Å²) in [5.74, 6) is -1.17. The van der Waals surface area contributed by atoms with Crippen LogP contribution in [0.3, 0.4) is 0 Å². The van der Waals surface area contributed by atoms with E-state index >= 15 is 0 Å². The maximum absolute atomic E-state index is 12.3. The smallest absolute Gasteiger partial charge is 0.387 e. The summed E-state index contributed by atoms with van der Waals surface area (Å²) in [6.07, 6.45) is 0. The molecule has 0 saturated carbocycles. The van der Waals surface area contributed by atoms with Gasteiger partial charge in [0.25, 0.3) is 0 Å². The molecule has 7 heteroatoms. The second-order valence-electron chi connectivity index (χ2n) is 3.05. The molecule has 1 aromatic carbocycles. The van der Waals surface area contributed by atoms with Crippen LogP contribution in [0, 0.1) is 11.3 Å². The minimum Gasteiger partial charge on any atom is -0.462 e. The van der Waals surface area contributed by atoms with E-state index in [0.29, 0.717) is 0 Å². The minimum absolute atomic E-state index is 0.0847. The van der Waals surface area contributed by atoms with E-state index in [0.717, 1.165) is 6.07 Å². The Bertz CT molecular complexity index is 500. The molecule has 4 nitrogen and oxygen atoms in total. The van der Waals surface area contributed by atoms with Crippen LogP contribution >= 0.6 is 15.9 Å². The molecule has 96 valence electrons. The first kappa shape index (κ1) is 14.4. The van der Waals surface area contributed by atoms with E-state index in [1.807, 2.05) is 0 Å². The van der Waals surface area contributed by atoms with Gasteiger partial charge in [0, 0.05) is 0 Å². The van der Waals surface area contributed by atoms with Gasteiger partial charge in [0.1, 0.15) is 5.56 Å². The Kier molecular flexibility index (Phi) is 5.04. The van der Waals surface area contributed by atoms with E-state index in [4.69, 9.17) is 10.00 Å². The van der Waals surface area contributed by atoms with E-state index < -0.39 is 12.6 Å². The number of benzene rings is 1. The molecule has 0 heterocycles. The first-order valence-electron chi connectivity index (χ1n) is 4.85. The summed E-state index contributed by atoms with van der Waals surface area (Å²) in [6, 6.07) is 4.22. The van der Waals surface area contributed by atoms with Gasteiger partial charge in [-0.3, -0.25) is 0 Å². The number of hydrogen-bond acceptors (Lipinski definition) is 4. The lowest BCUT2D eigenvalue weighted by atomic mass is 10.1. The zero-order valence-electron chi connectivity index (χ0n) is 9.25. The predicted octanol–water partition coefficient (Wildman–Crippen LogP) is 3.10. The van der Waals surface area contributed by atoms with Crippen LogP contribution in [0.25, 0.3) is 0 Å². The zero-order chi connectivity index (χ0) is 13.7. The third kappa shape index (κ3) is 3.40. The fourth-order valence-electron chi connectivity index (χ4n) is 1.23. The van der Waals surface area contributed by atoms with Crippen molar-refractivity contribution in [2.24, 2.45) is 0 Å². The number of nitriles is 1. The van der Waals surface area contributed by atoms with Crippen molar-refractivity contribution in [3.8, 4) is 11.8 Å². The average Bonchev–Trinajstić information content (AvgIpc) is 2.31. The molecule has 0 spiro atoms. The molecule has 0 aromatic heterocycles. The van der Waals surface area contributed by atoms with Gasteiger partial charge >= 0.3 is 12.6 Å². The third-order valence-electron chi connectivity index (χ3n) is 1.87. The van der Waals surface area contributed by atoms with Gasteiger partial charge in [-0.2, -0.15) is 14.0 Å². The van der Waals surface area contributed by atoms with Gasteiger partial charge < -0.3 is 9.47 Å². The first-order chi connectivity index (χ1) is 8.49. The Hall–Kier alpha value is -1.68. The second kappa shape index (κ2) is 6.31. The highest BCUT2D eigenvalue weighted by atomic mass is 79.9. The van der Waals surface area contributed by atoms with Gasteiger partial charge in [0.2, 0.25) is 0 Å². The summed E-state index contributed by atoms with van der Waals surface area (Å²) in [6.45, 7) is -1.42. The van der Waals surface area contributed by atoms with Crippen LogP contribution in [0.15, 0.2) is 16.6 Å². The number of nitrogens with zero attached hydrogens (tertiary/aromatic N) is 1. The monoisotopic (exact) mass is 319 g/mol. The summed E-state index contributed by atoms with van der Waals surface area (Å²) in [7, 11) is 0. The predicted molar refractivity (Wildman–Crippen MR) is 61.4 cm³/mol. The van der Waals surface area contributed by atoms with Gasteiger partial charge in [-0.15, -0.1) is 0 Å². The minimum atomic E-state index is -3.08. The molecule has 0 aliphatic heterocycles. The normalized spacial score (nSPS) is 10.0. The highest BCUT2D eigenvalue weighted by molar-refractivity contribution is 9.10. The SMILES string of the molecule is CCOC(=O)c1cc(C#N)cc(Br)c1OC(F)F. The number of alkyl halides is 2. The largest absolute Gasteiger partial charge is 0.462 e. The molecular formula is C11H8BrF2NO3. The Morgan fingerprint density at radius 3 is 2.72 bits per heavy atom. The van der Waals surface area contributed by atoms with Crippen LogP contribution in [0.5, 0.6) is 5.75 Å². The molecule has 1 rings (SSSR count). The molecule has 1 aromatic rings. The Morgan fingerprint density at radius 1 is 1.56 bits per heavy atom. The van der Waals surface area contributed by atoms with E-state index in [9.17, 15) is 13.6 Å². The summed E-state index contributed by atoms with van der Waals surface area (Å²) < 4.78 is 33.6. The number of carbonyl (C=O) groups is 1. The first-order valence-corrected chi connectivity index (χ1v) is 5.64. The molecule has 0 saturated heterocycles. The lowest BCUT2D eigenvalue weighted by molar-refractivity contribution is -0.0509. The summed E-state index contributed by atoms with van der Waals surface area (Å²) in [5, 5.41) is 8.76. The van der Waals surface area contributed by atoms with Gasteiger partial charge in [0.15, 0.2) is 5.75 Å². The average molecular weight is 320 g/mol. The van der Waals surface area contributed by atoms with Crippen LogP contribution < -0.4 is 4.74 Å². The molecule has 0 unspecified atom stereocenters. The molecule has 0 fully saturated rings. The Morgan fingerprint density at radius 2 is 2.22 bits per heavy atom. The molecule has 0 aliphatic rings. The van der Waals surface area contributed by atoms with Crippen molar-refractivity contribution in [2.75, 3.05) is 6.61 Å². The summed E-state index contributed by atoms with van der Waals surface area (Å²) in [5.41, 5.74) is -0.0883. The molecule has 0 atom stereocenters. The second-order valence-corrected chi connectivity index (χ2v) is 3.90. The van der Waals surface area contributed by atoms with Crippen LogP contribution in [-0.2, 0) is 4.74 Å². The highest BCUT2D eigenvalue weighted by Crippen LogP contribution is 2.32. The standard InChI is InChI=1S/C11H8BrF2NO3/c1-2-17-10(16)7-3-6(5-15)4-8(12)9(7)18-11(13)14/h3-4,11H,2H2,1H3. The topological polar surface area (TPSA) is 59.3 Å². The molecule has 0 aliphatic carbocycles. The molecule has 18 heavy (non-hydrogen) atoms. The fraction of sp³-hybridized carbons (Fsp3) is 0.273. The lowest BCUT2D eigenvalue weighted by Gasteiger charge is -2.12. The molecule has 0 N–H and O–H groups in total. The highest BCUT2D eigenvalue weighted by Gasteiger charge is 2.21. The lowest BCUT2D eigenvalue weighted by Crippen LogP contribution is -2.11. The van der Waals surface area contributed by atoms with E-state index in [2.05, 4.69) is 20.7 Å². The van der Waals surface area contributed by atoms with Crippen LogP contribution in [0.2, 0.25) is 0 Å². The van der Waals surface area contributed by atoms with E-state index in [1.165, 1.54) is 6.07 Å². The third-order valence-corrected chi connectivity index (χ3v) is 2.46. The van der Waals surface area contributed by atoms with Crippen molar-refractivity contribution in [1.82, 2.24) is 0 Å². The van der Waals surface area contributed by atoms with Crippen molar-refractivity contribution in [2.45, 2.75) is 13.5 Å². The van der Waals surface area contributed by atoms with E-state index in [-0.39, 0.29) is 28.0 Å². The Balaban J connectivity index is 3.29. The maximum atomic E-state index is 12.3. The zero-order valence-corrected chi connectivity index (χ0v) is 10.8. The van der Waals surface area contributed by atoms with Gasteiger partial charge in [-0.05, 0) is 35.0 Å².